The molecule has 4 nitrogen and oxygen atoms in total. The first-order valence-electron chi connectivity index (χ1n) is 6.08. The van der Waals surface area contributed by atoms with Gasteiger partial charge in [0, 0.05) is 24.7 Å². The van der Waals surface area contributed by atoms with Gasteiger partial charge in [0.05, 0.1) is 11.6 Å². The van der Waals surface area contributed by atoms with Crippen molar-refractivity contribution in [3.63, 3.8) is 0 Å². The van der Waals surface area contributed by atoms with Crippen LogP contribution in [0, 0.1) is 5.92 Å². The fourth-order valence-electron chi connectivity index (χ4n) is 2.39. The summed E-state index contributed by atoms with van der Waals surface area (Å²) in [7, 11) is 0. The van der Waals surface area contributed by atoms with Crippen molar-refractivity contribution in [3.05, 3.63) is 42.4 Å². The monoisotopic (exact) mass is 242 g/mol. The number of hydrogen-bond donors (Lipinski definition) is 1. The molecule has 2 heterocycles. The molecule has 2 aromatic rings. The number of aromatic nitrogens is 2. The topological polar surface area (TPSA) is 55.1 Å². The molecule has 3 rings (SSSR count). The molecule has 1 aliphatic heterocycles. The number of benzene rings is 1. The van der Waals surface area contributed by atoms with Crippen LogP contribution in [0.3, 0.4) is 0 Å². The molecule has 1 atom stereocenters. The number of rotatable bonds is 2. The summed E-state index contributed by atoms with van der Waals surface area (Å²) in [5.74, 6) is -0.124. The Morgan fingerprint density at radius 1 is 1.33 bits per heavy atom. The Hall–Kier alpha value is -2.10. The first-order chi connectivity index (χ1) is 8.74. The van der Waals surface area contributed by atoms with Gasteiger partial charge in [-0.1, -0.05) is 30.3 Å². The van der Waals surface area contributed by atoms with Gasteiger partial charge in [-0.25, -0.2) is 4.98 Å². The van der Waals surface area contributed by atoms with Crippen LogP contribution in [-0.4, -0.2) is 20.6 Å². The molecule has 1 aromatic heterocycles. The van der Waals surface area contributed by atoms with Crippen molar-refractivity contribution in [1.29, 1.82) is 0 Å². The largest absolute Gasteiger partial charge is 0.481 e. The highest BCUT2D eigenvalue weighted by Gasteiger charge is 2.25. The minimum Gasteiger partial charge on any atom is -0.481 e. The second kappa shape index (κ2) is 4.29. The zero-order valence-electron chi connectivity index (χ0n) is 9.91. The van der Waals surface area contributed by atoms with Crippen molar-refractivity contribution in [1.82, 2.24) is 9.55 Å². The summed E-state index contributed by atoms with van der Waals surface area (Å²) in [4.78, 5) is 15.6. The number of aliphatic carboxylic acids is 1. The number of nitrogens with zero attached hydrogens (tertiary/aromatic N) is 2. The molecule has 1 aromatic carbocycles. The first kappa shape index (κ1) is 11.0. The normalized spacial score (nSPS) is 18.3. The minimum absolute atomic E-state index is 0.288. The predicted octanol–water partition coefficient (Wildman–Crippen LogP) is 2.20. The van der Waals surface area contributed by atoms with Crippen molar-refractivity contribution >= 4 is 5.97 Å². The number of hydrogen-bond acceptors (Lipinski definition) is 2. The van der Waals surface area contributed by atoms with Crippen LogP contribution in [-0.2, 0) is 17.8 Å². The quantitative estimate of drug-likeness (QED) is 0.878. The summed E-state index contributed by atoms with van der Waals surface area (Å²) >= 11 is 0. The Balaban J connectivity index is 1.92. The van der Waals surface area contributed by atoms with Crippen molar-refractivity contribution in [2.24, 2.45) is 5.92 Å². The van der Waals surface area contributed by atoms with Gasteiger partial charge in [-0.2, -0.15) is 0 Å². The maximum absolute atomic E-state index is 11.0. The van der Waals surface area contributed by atoms with Gasteiger partial charge in [0.1, 0.15) is 5.82 Å². The van der Waals surface area contributed by atoms with Crippen LogP contribution < -0.4 is 0 Å². The number of carbonyl (C=O) groups is 1. The third-order valence-corrected chi connectivity index (χ3v) is 3.43. The van der Waals surface area contributed by atoms with Crippen LogP contribution in [0.1, 0.15) is 12.2 Å². The molecule has 18 heavy (non-hydrogen) atoms. The molecule has 4 heteroatoms. The maximum atomic E-state index is 11.0. The van der Waals surface area contributed by atoms with Gasteiger partial charge in [0.25, 0.3) is 0 Å². The van der Waals surface area contributed by atoms with Crippen LogP contribution >= 0.6 is 0 Å². The number of aryl methyl sites for hydroxylation is 1. The lowest BCUT2D eigenvalue weighted by molar-refractivity contribution is -0.142. The van der Waals surface area contributed by atoms with E-state index in [1.165, 1.54) is 0 Å². The first-order valence-corrected chi connectivity index (χ1v) is 6.08. The smallest absolute Gasteiger partial charge is 0.307 e. The SMILES string of the molecule is O=C(O)C1CCn2cc(-c3ccccc3)nc2C1. The van der Waals surface area contributed by atoms with Crippen LogP contribution in [0.5, 0.6) is 0 Å². The van der Waals surface area contributed by atoms with Gasteiger partial charge in [-0.15, -0.1) is 0 Å². The zero-order chi connectivity index (χ0) is 12.5. The van der Waals surface area contributed by atoms with E-state index in [0.717, 1.165) is 23.6 Å². The lowest BCUT2D eigenvalue weighted by Crippen LogP contribution is -2.25. The van der Waals surface area contributed by atoms with E-state index in [2.05, 4.69) is 9.55 Å². The maximum Gasteiger partial charge on any atom is 0.307 e. The summed E-state index contributed by atoms with van der Waals surface area (Å²) in [6, 6.07) is 9.97. The molecule has 0 bridgehead atoms. The second-order valence-corrected chi connectivity index (χ2v) is 4.63. The molecule has 0 aliphatic carbocycles. The number of carboxylic acids is 1. The molecule has 0 spiro atoms. The van der Waals surface area contributed by atoms with Crippen LogP contribution in [0.25, 0.3) is 11.3 Å². The molecule has 0 radical (unpaired) electrons. The number of carboxylic acid groups (broad SMARTS) is 1. The van der Waals surface area contributed by atoms with Crippen molar-refractivity contribution < 1.29 is 9.90 Å². The number of fused-ring (bicyclic) bond motifs is 1. The fourth-order valence-corrected chi connectivity index (χ4v) is 2.39. The summed E-state index contributed by atoms with van der Waals surface area (Å²) in [6.07, 6.45) is 3.23. The van der Waals surface area contributed by atoms with Gasteiger partial charge in [0.2, 0.25) is 0 Å². The minimum atomic E-state index is -0.717. The second-order valence-electron chi connectivity index (χ2n) is 4.63. The Bertz CT molecular complexity index is 575. The van der Waals surface area contributed by atoms with E-state index in [4.69, 9.17) is 5.11 Å². The van der Waals surface area contributed by atoms with Crippen molar-refractivity contribution in [3.8, 4) is 11.3 Å². The van der Waals surface area contributed by atoms with E-state index in [-0.39, 0.29) is 5.92 Å². The molecule has 0 saturated heterocycles. The highest BCUT2D eigenvalue weighted by atomic mass is 16.4. The lowest BCUT2D eigenvalue weighted by Gasteiger charge is -2.19. The molecule has 0 saturated carbocycles. The third kappa shape index (κ3) is 1.90. The highest BCUT2D eigenvalue weighted by Crippen LogP contribution is 2.25. The van der Waals surface area contributed by atoms with Crippen molar-refractivity contribution in [2.45, 2.75) is 19.4 Å². The van der Waals surface area contributed by atoms with Gasteiger partial charge < -0.3 is 9.67 Å². The molecular weight excluding hydrogens is 228 g/mol. The molecule has 1 unspecified atom stereocenters. The standard InChI is InChI=1S/C14H14N2O2/c17-14(18)11-6-7-16-9-12(15-13(16)8-11)10-4-2-1-3-5-10/h1-5,9,11H,6-8H2,(H,17,18). The summed E-state index contributed by atoms with van der Waals surface area (Å²) in [6.45, 7) is 0.742. The Morgan fingerprint density at radius 3 is 2.83 bits per heavy atom. The van der Waals surface area contributed by atoms with E-state index < -0.39 is 5.97 Å². The van der Waals surface area contributed by atoms with E-state index in [9.17, 15) is 4.79 Å². The third-order valence-electron chi connectivity index (χ3n) is 3.43. The molecule has 1 N–H and O–H groups in total. The molecule has 0 fully saturated rings. The predicted molar refractivity (Wildman–Crippen MR) is 67.1 cm³/mol. The van der Waals surface area contributed by atoms with Crippen LogP contribution in [0.15, 0.2) is 36.5 Å². The Morgan fingerprint density at radius 2 is 2.11 bits per heavy atom. The summed E-state index contributed by atoms with van der Waals surface area (Å²) in [5.41, 5.74) is 2.00. The van der Waals surface area contributed by atoms with Gasteiger partial charge in [-0.3, -0.25) is 4.79 Å². The van der Waals surface area contributed by atoms with Crippen molar-refractivity contribution in [2.75, 3.05) is 0 Å². The molecule has 92 valence electrons. The number of imidazole rings is 1. The average molecular weight is 242 g/mol. The van der Waals surface area contributed by atoms with Crippen LogP contribution in [0.2, 0.25) is 0 Å². The van der Waals surface area contributed by atoms with E-state index in [1.807, 2.05) is 36.5 Å². The zero-order valence-corrected chi connectivity index (χ0v) is 9.91. The summed E-state index contributed by atoms with van der Waals surface area (Å²) in [5, 5.41) is 9.05. The molecular formula is C14H14N2O2. The average Bonchev–Trinajstić information content (AvgIpc) is 2.82. The molecule has 1 aliphatic rings. The summed E-state index contributed by atoms with van der Waals surface area (Å²) < 4.78 is 2.07. The Kier molecular flexibility index (Phi) is 2.63. The molecule has 0 amide bonds. The lowest BCUT2D eigenvalue weighted by atomic mass is 9.98. The van der Waals surface area contributed by atoms with Gasteiger partial charge in [0.15, 0.2) is 0 Å². The Labute approximate surface area is 105 Å². The van der Waals surface area contributed by atoms with E-state index >= 15 is 0 Å². The van der Waals surface area contributed by atoms with Gasteiger partial charge in [-0.05, 0) is 6.42 Å². The van der Waals surface area contributed by atoms with Gasteiger partial charge >= 0.3 is 5.97 Å². The van der Waals surface area contributed by atoms with E-state index in [0.29, 0.717) is 12.8 Å². The van der Waals surface area contributed by atoms with Crippen LogP contribution in [0.4, 0.5) is 0 Å². The highest BCUT2D eigenvalue weighted by molar-refractivity contribution is 5.70. The van der Waals surface area contributed by atoms with E-state index in [1.54, 1.807) is 0 Å². The fraction of sp³-hybridized carbons (Fsp3) is 0.286.